The SMILES string of the molecule is OC(Cc1ccccc1)(C1=CCCC=C1)C(c1ccccc1)c1cocn1. The van der Waals surface area contributed by atoms with E-state index in [4.69, 9.17) is 4.42 Å². The molecule has 0 radical (unpaired) electrons. The van der Waals surface area contributed by atoms with Gasteiger partial charge in [-0.05, 0) is 29.5 Å². The Morgan fingerprint density at radius 3 is 2.37 bits per heavy atom. The Balaban J connectivity index is 1.86. The number of hydrogen-bond donors (Lipinski definition) is 1. The van der Waals surface area contributed by atoms with Crippen LogP contribution >= 0.6 is 0 Å². The molecule has 3 aromatic rings. The first-order chi connectivity index (χ1) is 13.3. The van der Waals surface area contributed by atoms with E-state index in [0.717, 1.165) is 35.2 Å². The lowest BCUT2D eigenvalue weighted by atomic mass is 9.71. The van der Waals surface area contributed by atoms with Gasteiger partial charge in [0.2, 0.25) is 0 Å². The molecule has 1 aliphatic rings. The van der Waals surface area contributed by atoms with E-state index in [1.165, 1.54) is 6.39 Å². The topological polar surface area (TPSA) is 46.3 Å². The monoisotopic (exact) mass is 357 g/mol. The first-order valence-electron chi connectivity index (χ1n) is 9.34. The minimum atomic E-state index is -1.13. The maximum atomic E-state index is 12.2. The van der Waals surface area contributed by atoms with Crippen LogP contribution in [-0.4, -0.2) is 15.7 Å². The van der Waals surface area contributed by atoms with E-state index in [1.54, 1.807) is 6.26 Å². The second-order valence-electron chi connectivity index (χ2n) is 6.98. The average molecular weight is 357 g/mol. The lowest BCUT2D eigenvalue weighted by molar-refractivity contribution is 0.0628. The molecule has 0 saturated carbocycles. The number of benzene rings is 2. The van der Waals surface area contributed by atoms with Gasteiger partial charge in [0.25, 0.3) is 0 Å². The Labute approximate surface area is 159 Å². The second-order valence-corrected chi connectivity index (χ2v) is 6.98. The standard InChI is InChI=1S/C24H23NO2/c26-24(21-14-8-3-9-15-21,16-19-10-4-1-5-11-19)23(22-17-27-18-25-22)20-12-6-2-7-13-20/h1-2,4-8,10-15,17-18,23,26H,3,9,16H2. The van der Waals surface area contributed by atoms with Crippen molar-refractivity contribution in [1.82, 2.24) is 4.98 Å². The van der Waals surface area contributed by atoms with E-state index >= 15 is 0 Å². The van der Waals surface area contributed by atoms with E-state index in [1.807, 2.05) is 48.5 Å². The smallest absolute Gasteiger partial charge is 0.180 e. The molecule has 2 atom stereocenters. The molecule has 0 aliphatic heterocycles. The van der Waals surface area contributed by atoms with Gasteiger partial charge in [0.15, 0.2) is 6.39 Å². The molecule has 1 aliphatic carbocycles. The molecule has 0 bridgehead atoms. The largest absolute Gasteiger partial charge is 0.451 e. The quantitative estimate of drug-likeness (QED) is 0.671. The van der Waals surface area contributed by atoms with E-state index < -0.39 is 5.60 Å². The molecule has 0 saturated heterocycles. The Bertz CT molecular complexity index is 914. The van der Waals surface area contributed by atoms with Gasteiger partial charge in [-0.2, -0.15) is 0 Å². The lowest BCUT2D eigenvalue weighted by Crippen LogP contribution is -2.41. The van der Waals surface area contributed by atoms with Crippen LogP contribution in [0.15, 0.2) is 102 Å². The Morgan fingerprint density at radius 1 is 1.00 bits per heavy atom. The van der Waals surface area contributed by atoms with Crippen molar-refractivity contribution >= 4 is 0 Å². The molecule has 0 amide bonds. The van der Waals surface area contributed by atoms with Crippen LogP contribution in [0.3, 0.4) is 0 Å². The van der Waals surface area contributed by atoms with Gasteiger partial charge in [0, 0.05) is 6.42 Å². The fourth-order valence-electron chi connectivity index (χ4n) is 3.91. The normalized spacial score (nSPS) is 17.1. The summed E-state index contributed by atoms with van der Waals surface area (Å²) >= 11 is 0. The van der Waals surface area contributed by atoms with Gasteiger partial charge in [-0.15, -0.1) is 0 Å². The van der Waals surface area contributed by atoms with Gasteiger partial charge < -0.3 is 9.52 Å². The van der Waals surface area contributed by atoms with Gasteiger partial charge in [-0.25, -0.2) is 4.98 Å². The summed E-state index contributed by atoms with van der Waals surface area (Å²) < 4.78 is 5.29. The lowest BCUT2D eigenvalue weighted by Gasteiger charge is -2.38. The summed E-state index contributed by atoms with van der Waals surface area (Å²) in [6.45, 7) is 0. The molecule has 4 rings (SSSR count). The highest BCUT2D eigenvalue weighted by Gasteiger charge is 2.42. The summed E-state index contributed by atoms with van der Waals surface area (Å²) in [5.74, 6) is -0.327. The maximum absolute atomic E-state index is 12.2. The van der Waals surface area contributed by atoms with Gasteiger partial charge in [0.05, 0.1) is 11.6 Å². The molecule has 2 aromatic carbocycles. The summed E-state index contributed by atoms with van der Waals surface area (Å²) in [7, 11) is 0. The van der Waals surface area contributed by atoms with Crippen molar-refractivity contribution in [2.45, 2.75) is 30.8 Å². The van der Waals surface area contributed by atoms with Crippen LogP contribution < -0.4 is 0 Å². The highest BCUT2D eigenvalue weighted by atomic mass is 16.3. The minimum Gasteiger partial charge on any atom is -0.451 e. The fraction of sp³-hybridized carbons (Fsp3) is 0.208. The number of oxazole rings is 1. The van der Waals surface area contributed by atoms with E-state index in [9.17, 15) is 5.11 Å². The third kappa shape index (κ3) is 3.64. The van der Waals surface area contributed by atoms with Crippen molar-refractivity contribution in [3.63, 3.8) is 0 Å². The average Bonchev–Trinajstić information content (AvgIpc) is 3.24. The van der Waals surface area contributed by atoms with Gasteiger partial charge in [0.1, 0.15) is 11.9 Å². The molecule has 27 heavy (non-hydrogen) atoms. The van der Waals surface area contributed by atoms with E-state index in [0.29, 0.717) is 6.42 Å². The zero-order valence-electron chi connectivity index (χ0n) is 15.2. The maximum Gasteiger partial charge on any atom is 0.180 e. The summed E-state index contributed by atoms with van der Waals surface area (Å²) in [5.41, 5.74) is 2.65. The highest BCUT2D eigenvalue weighted by molar-refractivity contribution is 5.44. The number of allylic oxidation sites excluding steroid dienone is 2. The van der Waals surface area contributed by atoms with Crippen LogP contribution in [0.4, 0.5) is 0 Å². The number of nitrogens with zero attached hydrogens (tertiary/aromatic N) is 1. The number of rotatable bonds is 6. The molecule has 3 nitrogen and oxygen atoms in total. The summed E-state index contributed by atoms with van der Waals surface area (Å²) in [6, 6.07) is 20.2. The van der Waals surface area contributed by atoms with E-state index in [2.05, 4.69) is 35.3 Å². The van der Waals surface area contributed by atoms with Crippen LogP contribution in [0, 0.1) is 0 Å². The Hall–Kier alpha value is -2.91. The Morgan fingerprint density at radius 2 is 1.74 bits per heavy atom. The zero-order chi connectivity index (χ0) is 18.5. The third-order valence-electron chi connectivity index (χ3n) is 5.17. The van der Waals surface area contributed by atoms with Crippen molar-refractivity contribution in [3.05, 3.63) is 114 Å². The van der Waals surface area contributed by atoms with Gasteiger partial charge >= 0.3 is 0 Å². The van der Waals surface area contributed by atoms with Crippen LogP contribution in [0.1, 0.15) is 35.6 Å². The van der Waals surface area contributed by atoms with Crippen molar-refractivity contribution in [2.75, 3.05) is 0 Å². The van der Waals surface area contributed by atoms with Crippen LogP contribution in [0.5, 0.6) is 0 Å². The van der Waals surface area contributed by atoms with Crippen LogP contribution in [-0.2, 0) is 6.42 Å². The molecule has 136 valence electrons. The van der Waals surface area contributed by atoms with Crippen LogP contribution in [0.2, 0.25) is 0 Å². The summed E-state index contributed by atoms with van der Waals surface area (Å²) in [4.78, 5) is 4.42. The van der Waals surface area contributed by atoms with Crippen molar-refractivity contribution in [3.8, 4) is 0 Å². The van der Waals surface area contributed by atoms with E-state index in [-0.39, 0.29) is 5.92 Å². The minimum absolute atomic E-state index is 0.327. The highest BCUT2D eigenvalue weighted by Crippen LogP contribution is 2.42. The number of hydrogen-bond acceptors (Lipinski definition) is 3. The van der Waals surface area contributed by atoms with Gasteiger partial charge in [-0.3, -0.25) is 0 Å². The third-order valence-corrected chi connectivity index (χ3v) is 5.17. The number of aliphatic hydroxyl groups is 1. The zero-order valence-corrected chi connectivity index (χ0v) is 15.2. The molecule has 0 fully saturated rings. The molecular formula is C24H23NO2. The molecule has 1 heterocycles. The van der Waals surface area contributed by atoms with Gasteiger partial charge in [-0.1, -0.05) is 78.9 Å². The summed E-state index contributed by atoms with van der Waals surface area (Å²) in [5, 5.41) is 12.2. The molecule has 1 N–H and O–H groups in total. The molecule has 2 unspecified atom stereocenters. The molecule has 3 heteroatoms. The predicted molar refractivity (Wildman–Crippen MR) is 106 cm³/mol. The summed E-state index contributed by atoms with van der Waals surface area (Å²) in [6.07, 6.45) is 11.8. The van der Waals surface area contributed by atoms with Crippen molar-refractivity contribution < 1.29 is 9.52 Å². The molecule has 0 spiro atoms. The number of aromatic nitrogens is 1. The predicted octanol–water partition coefficient (Wildman–Crippen LogP) is 5.06. The first-order valence-corrected chi connectivity index (χ1v) is 9.34. The molecular weight excluding hydrogens is 334 g/mol. The first kappa shape index (κ1) is 17.5. The molecule has 1 aromatic heterocycles. The van der Waals surface area contributed by atoms with Crippen molar-refractivity contribution in [1.29, 1.82) is 0 Å². The second kappa shape index (κ2) is 7.77. The van der Waals surface area contributed by atoms with Crippen molar-refractivity contribution in [2.24, 2.45) is 0 Å². The Kier molecular flexibility index (Phi) is 5.03. The fourth-order valence-corrected chi connectivity index (χ4v) is 3.91. The van der Waals surface area contributed by atoms with Crippen LogP contribution in [0.25, 0.3) is 0 Å².